The molecule has 5 rings (SSSR count). The molecule has 0 saturated heterocycles. The van der Waals surface area contributed by atoms with Crippen molar-refractivity contribution in [2.24, 2.45) is 10.8 Å². The van der Waals surface area contributed by atoms with Crippen LogP contribution in [0.5, 0.6) is 11.5 Å². The molecule has 2 unspecified atom stereocenters. The van der Waals surface area contributed by atoms with Gasteiger partial charge in [-0.25, -0.2) is 0 Å². The van der Waals surface area contributed by atoms with E-state index in [9.17, 15) is 0 Å². The SMILES string of the molecule is CC(OCCOc1c(-c2ccccc2)cccc1-c1ccccc1)Oc1cccc2c(C(CC(C)(C)C)C(C)(C)C)cccc12. The molecule has 0 aromatic heterocycles. The van der Waals surface area contributed by atoms with Gasteiger partial charge in [0.2, 0.25) is 0 Å². The molecule has 3 heteroatoms. The molecular weight excluding hydrogens is 552 g/mol. The fourth-order valence-corrected chi connectivity index (χ4v) is 6.16. The van der Waals surface area contributed by atoms with Gasteiger partial charge in [-0.3, -0.25) is 0 Å². The molecule has 0 saturated carbocycles. The second-order valence-electron chi connectivity index (χ2n) is 14.2. The van der Waals surface area contributed by atoms with Gasteiger partial charge in [-0.1, -0.05) is 151 Å². The third-order valence-electron chi connectivity index (χ3n) is 8.31. The second-order valence-corrected chi connectivity index (χ2v) is 14.2. The zero-order chi connectivity index (χ0) is 32.0. The standard InChI is InChI=1S/C42H48O3/c1-30(45-39-26-16-23-35-36(24-15-25-37(35)39)38(42(5,6)7)29-41(2,3)4)43-27-28-44-40-33(31-17-10-8-11-18-31)21-14-22-34(40)32-19-12-9-13-20-32/h8-26,30,38H,27-29H2,1-7H3. The van der Waals surface area contributed by atoms with Gasteiger partial charge in [-0.05, 0) is 58.2 Å². The average molecular weight is 601 g/mol. The first kappa shape index (κ1) is 32.3. The van der Waals surface area contributed by atoms with Crippen molar-refractivity contribution in [1.29, 1.82) is 0 Å². The van der Waals surface area contributed by atoms with E-state index in [1.807, 2.05) is 25.1 Å². The molecule has 5 aromatic rings. The Labute approximate surface area is 270 Å². The van der Waals surface area contributed by atoms with Crippen LogP contribution in [0.15, 0.2) is 115 Å². The van der Waals surface area contributed by atoms with E-state index in [-0.39, 0.29) is 10.8 Å². The zero-order valence-electron chi connectivity index (χ0n) is 28.0. The number of hydrogen-bond acceptors (Lipinski definition) is 3. The number of rotatable bonds is 11. The van der Waals surface area contributed by atoms with Gasteiger partial charge in [-0.2, -0.15) is 0 Å². The minimum absolute atomic E-state index is 0.133. The lowest BCUT2D eigenvalue weighted by molar-refractivity contribution is -0.0731. The summed E-state index contributed by atoms with van der Waals surface area (Å²) in [7, 11) is 0. The van der Waals surface area contributed by atoms with E-state index in [0.717, 1.165) is 45.6 Å². The van der Waals surface area contributed by atoms with Gasteiger partial charge in [0.1, 0.15) is 18.1 Å². The van der Waals surface area contributed by atoms with Crippen LogP contribution in [0.4, 0.5) is 0 Å². The third-order valence-corrected chi connectivity index (χ3v) is 8.31. The summed E-state index contributed by atoms with van der Waals surface area (Å²) in [5.74, 6) is 2.12. The summed E-state index contributed by atoms with van der Waals surface area (Å²) in [6, 6.07) is 40.1. The highest BCUT2D eigenvalue weighted by atomic mass is 16.7. The van der Waals surface area contributed by atoms with Crippen LogP contribution in [0.2, 0.25) is 0 Å². The average Bonchev–Trinajstić information content (AvgIpc) is 3.02. The predicted molar refractivity (Wildman–Crippen MR) is 189 cm³/mol. The summed E-state index contributed by atoms with van der Waals surface area (Å²) in [4.78, 5) is 0. The zero-order valence-corrected chi connectivity index (χ0v) is 28.0. The van der Waals surface area contributed by atoms with Gasteiger partial charge >= 0.3 is 0 Å². The Balaban J connectivity index is 1.31. The Morgan fingerprint density at radius 3 is 1.71 bits per heavy atom. The predicted octanol–water partition coefficient (Wildman–Crippen LogP) is 11.6. The lowest BCUT2D eigenvalue weighted by Crippen LogP contribution is -2.24. The van der Waals surface area contributed by atoms with Crippen molar-refractivity contribution in [1.82, 2.24) is 0 Å². The van der Waals surface area contributed by atoms with Crippen LogP contribution in [-0.2, 0) is 4.74 Å². The lowest BCUT2D eigenvalue weighted by Gasteiger charge is -2.37. The molecule has 0 aliphatic carbocycles. The number of fused-ring (bicyclic) bond motifs is 1. The molecule has 0 amide bonds. The molecule has 2 atom stereocenters. The molecule has 45 heavy (non-hydrogen) atoms. The van der Waals surface area contributed by atoms with Crippen molar-refractivity contribution >= 4 is 10.8 Å². The fraction of sp³-hybridized carbons (Fsp3) is 0.333. The fourth-order valence-electron chi connectivity index (χ4n) is 6.16. The van der Waals surface area contributed by atoms with Gasteiger partial charge in [0.15, 0.2) is 6.29 Å². The second kappa shape index (κ2) is 13.9. The molecule has 0 N–H and O–H groups in total. The Bertz CT molecular complexity index is 1620. The van der Waals surface area contributed by atoms with Crippen molar-refractivity contribution in [2.75, 3.05) is 13.2 Å². The third kappa shape index (κ3) is 8.15. The van der Waals surface area contributed by atoms with E-state index in [1.165, 1.54) is 10.9 Å². The summed E-state index contributed by atoms with van der Waals surface area (Å²) in [5.41, 5.74) is 6.11. The summed E-state index contributed by atoms with van der Waals surface area (Å²) >= 11 is 0. The van der Waals surface area contributed by atoms with Crippen LogP contribution in [-0.4, -0.2) is 19.5 Å². The summed E-state index contributed by atoms with van der Waals surface area (Å²) in [6.07, 6.45) is 0.674. The van der Waals surface area contributed by atoms with Crippen molar-refractivity contribution in [3.63, 3.8) is 0 Å². The van der Waals surface area contributed by atoms with E-state index in [2.05, 4.69) is 139 Å². The van der Waals surface area contributed by atoms with Crippen molar-refractivity contribution in [2.45, 2.75) is 67.1 Å². The van der Waals surface area contributed by atoms with Crippen LogP contribution in [0.3, 0.4) is 0 Å². The molecule has 0 radical (unpaired) electrons. The molecule has 0 heterocycles. The minimum Gasteiger partial charge on any atom is -0.490 e. The summed E-state index contributed by atoms with van der Waals surface area (Å²) in [6.45, 7) is 16.8. The van der Waals surface area contributed by atoms with Gasteiger partial charge < -0.3 is 14.2 Å². The normalized spacial score (nSPS) is 13.4. The molecule has 0 aliphatic heterocycles. The molecule has 0 fully saturated rings. The van der Waals surface area contributed by atoms with Gasteiger partial charge in [0.25, 0.3) is 0 Å². The van der Waals surface area contributed by atoms with E-state index in [1.54, 1.807) is 0 Å². The highest BCUT2D eigenvalue weighted by Gasteiger charge is 2.31. The molecule has 0 aliphatic rings. The lowest BCUT2D eigenvalue weighted by atomic mass is 9.68. The van der Waals surface area contributed by atoms with E-state index >= 15 is 0 Å². The van der Waals surface area contributed by atoms with Crippen LogP contribution in [0.25, 0.3) is 33.0 Å². The Hall–Kier alpha value is -4.08. The van der Waals surface area contributed by atoms with Crippen LogP contribution in [0, 0.1) is 10.8 Å². The maximum Gasteiger partial charge on any atom is 0.197 e. The highest BCUT2D eigenvalue weighted by Crippen LogP contribution is 2.46. The van der Waals surface area contributed by atoms with Crippen molar-refractivity contribution in [3.05, 3.63) is 121 Å². The van der Waals surface area contributed by atoms with Crippen LogP contribution < -0.4 is 9.47 Å². The molecule has 234 valence electrons. The number of benzene rings is 5. The maximum absolute atomic E-state index is 6.48. The van der Waals surface area contributed by atoms with Crippen LogP contribution in [0.1, 0.15) is 66.4 Å². The Morgan fingerprint density at radius 2 is 1.13 bits per heavy atom. The summed E-state index contributed by atoms with van der Waals surface area (Å²) < 4.78 is 19.0. The van der Waals surface area contributed by atoms with E-state index < -0.39 is 6.29 Å². The first-order chi connectivity index (χ1) is 21.5. The minimum atomic E-state index is -0.436. The molecule has 0 bridgehead atoms. The van der Waals surface area contributed by atoms with Gasteiger partial charge in [0.05, 0.1) is 6.61 Å². The van der Waals surface area contributed by atoms with E-state index in [4.69, 9.17) is 14.2 Å². The molecule has 5 aromatic carbocycles. The van der Waals surface area contributed by atoms with Gasteiger partial charge in [0, 0.05) is 16.5 Å². The quantitative estimate of drug-likeness (QED) is 0.111. The largest absolute Gasteiger partial charge is 0.490 e. The van der Waals surface area contributed by atoms with Crippen molar-refractivity contribution in [3.8, 4) is 33.8 Å². The number of hydrogen-bond donors (Lipinski definition) is 0. The highest BCUT2D eigenvalue weighted by molar-refractivity contribution is 5.91. The molecule has 3 nitrogen and oxygen atoms in total. The number of para-hydroxylation sites is 1. The van der Waals surface area contributed by atoms with Crippen LogP contribution >= 0.6 is 0 Å². The smallest absolute Gasteiger partial charge is 0.197 e. The molecular formula is C42H48O3. The van der Waals surface area contributed by atoms with Gasteiger partial charge in [-0.15, -0.1) is 0 Å². The molecule has 0 spiro atoms. The van der Waals surface area contributed by atoms with Crippen molar-refractivity contribution < 1.29 is 14.2 Å². The first-order valence-corrected chi connectivity index (χ1v) is 16.2. The monoisotopic (exact) mass is 600 g/mol. The summed E-state index contributed by atoms with van der Waals surface area (Å²) in [5, 5.41) is 2.37. The number of ether oxygens (including phenoxy) is 3. The Kier molecular flexibility index (Phi) is 9.99. The first-order valence-electron chi connectivity index (χ1n) is 16.2. The topological polar surface area (TPSA) is 27.7 Å². The van der Waals surface area contributed by atoms with E-state index in [0.29, 0.717) is 19.1 Å². The maximum atomic E-state index is 6.48. The Morgan fingerprint density at radius 1 is 0.578 bits per heavy atom.